The summed E-state index contributed by atoms with van der Waals surface area (Å²) in [6.45, 7) is 6.62. The molecule has 2 fully saturated rings. The Kier molecular flexibility index (Phi) is 4.32. The topological polar surface area (TPSA) is 95.0 Å². The largest absolute Gasteiger partial charge is 0.348 e. The molecule has 3 atom stereocenters. The summed E-state index contributed by atoms with van der Waals surface area (Å²) in [7, 11) is 2.16. The van der Waals surface area contributed by atoms with Gasteiger partial charge in [-0.2, -0.15) is 5.26 Å². The molecule has 2 unspecified atom stereocenters. The molecule has 0 amide bonds. The summed E-state index contributed by atoms with van der Waals surface area (Å²) >= 11 is 1.61. The number of thiazole rings is 1. The first-order chi connectivity index (χ1) is 15.7. The van der Waals surface area contributed by atoms with Gasteiger partial charge < -0.3 is 14.6 Å². The standard InChI is InChI=1S/C24H26N8S/c1-14-12-32-13-16(7-15(10-25)20(32)27-14)19-26-11-18-21(29-19)33-22(28-18)31(4)17-8-23(2)5-6-24(3,9-17)30-23/h7,11-13,17,30H,5-6,8-9H2,1-4H3/t17?,23-,24?/m1/s1. The number of fused-ring (bicyclic) bond motifs is 4. The van der Waals surface area contributed by atoms with Gasteiger partial charge in [0, 0.05) is 42.1 Å². The summed E-state index contributed by atoms with van der Waals surface area (Å²) in [5, 5.41) is 14.4. The van der Waals surface area contributed by atoms with Gasteiger partial charge >= 0.3 is 0 Å². The summed E-state index contributed by atoms with van der Waals surface area (Å²) in [4.78, 5) is 21.9. The number of rotatable bonds is 3. The Bertz CT molecular complexity index is 1430. The Labute approximate surface area is 196 Å². The summed E-state index contributed by atoms with van der Waals surface area (Å²) < 4.78 is 1.87. The minimum Gasteiger partial charge on any atom is -0.348 e. The van der Waals surface area contributed by atoms with E-state index in [9.17, 15) is 5.26 Å². The zero-order valence-corrected chi connectivity index (χ0v) is 20.1. The third-order valence-corrected chi connectivity index (χ3v) is 8.30. The maximum absolute atomic E-state index is 9.59. The highest BCUT2D eigenvalue weighted by Gasteiger charge is 2.49. The number of imidazole rings is 1. The lowest BCUT2D eigenvalue weighted by molar-refractivity contribution is 0.208. The monoisotopic (exact) mass is 458 g/mol. The quantitative estimate of drug-likeness (QED) is 0.494. The number of nitriles is 1. The normalized spacial score (nSPS) is 26.7. The molecule has 2 bridgehead atoms. The lowest BCUT2D eigenvalue weighted by atomic mass is 9.84. The van der Waals surface area contributed by atoms with Crippen LogP contribution in [0.2, 0.25) is 0 Å². The Morgan fingerprint density at radius 1 is 1.18 bits per heavy atom. The molecule has 2 saturated heterocycles. The van der Waals surface area contributed by atoms with Crippen LogP contribution < -0.4 is 10.2 Å². The third kappa shape index (κ3) is 3.36. The van der Waals surface area contributed by atoms with Crippen LogP contribution in [0, 0.1) is 18.3 Å². The molecule has 2 aliphatic heterocycles. The molecule has 6 rings (SSSR count). The number of hydrogen-bond donors (Lipinski definition) is 1. The SMILES string of the molecule is Cc1cn2cc(-c3ncc4nc(N(C)C5CC6(C)CC[C@](C)(C5)N6)sc4n3)cc(C#N)c2n1. The van der Waals surface area contributed by atoms with Gasteiger partial charge in [0.05, 0.1) is 17.5 Å². The number of nitrogens with zero attached hydrogens (tertiary/aromatic N) is 7. The molecule has 9 heteroatoms. The first-order valence-corrected chi connectivity index (χ1v) is 12.1. The zero-order chi connectivity index (χ0) is 23.0. The average molecular weight is 459 g/mol. The minimum atomic E-state index is 0.207. The number of pyridine rings is 1. The van der Waals surface area contributed by atoms with E-state index in [2.05, 4.69) is 47.1 Å². The molecule has 4 aromatic heterocycles. The number of hydrogen-bond acceptors (Lipinski definition) is 8. The molecule has 0 aliphatic carbocycles. The van der Waals surface area contributed by atoms with Crippen molar-refractivity contribution in [3.05, 3.63) is 35.9 Å². The molecule has 168 valence electrons. The maximum Gasteiger partial charge on any atom is 0.187 e. The first kappa shape index (κ1) is 20.5. The summed E-state index contributed by atoms with van der Waals surface area (Å²) in [6, 6.07) is 4.50. The third-order valence-electron chi connectivity index (χ3n) is 7.24. The second-order valence-corrected chi connectivity index (χ2v) is 11.1. The molecule has 0 spiro atoms. The van der Waals surface area contributed by atoms with Crippen LogP contribution in [-0.4, -0.2) is 48.5 Å². The fraction of sp³-hybridized carbons (Fsp3) is 0.458. The van der Waals surface area contributed by atoms with Crippen molar-refractivity contribution in [1.82, 2.24) is 29.7 Å². The van der Waals surface area contributed by atoms with Crippen LogP contribution in [0.4, 0.5) is 5.13 Å². The van der Waals surface area contributed by atoms with Gasteiger partial charge in [-0.15, -0.1) is 0 Å². The fourth-order valence-electron chi connectivity index (χ4n) is 5.69. The summed E-state index contributed by atoms with van der Waals surface area (Å²) in [5.74, 6) is 0.588. The van der Waals surface area contributed by atoms with Gasteiger partial charge in [0.25, 0.3) is 0 Å². The zero-order valence-electron chi connectivity index (χ0n) is 19.3. The number of piperidine rings is 1. The van der Waals surface area contributed by atoms with E-state index in [0.29, 0.717) is 23.1 Å². The molecule has 4 aromatic rings. The molecular weight excluding hydrogens is 432 g/mol. The summed E-state index contributed by atoms with van der Waals surface area (Å²) in [6.07, 6.45) is 10.3. The molecular formula is C24H26N8S. The molecule has 33 heavy (non-hydrogen) atoms. The number of anilines is 1. The van der Waals surface area contributed by atoms with Crippen LogP contribution in [0.5, 0.6) is 0 Å². The van der Waals surface area contributed by atoms with E-state index >= 15 is 0 Å². The molecule has 0 saturated carbocycles. The predicted molar refractivity (Wildman–Crippen MR) is 129 cm³/mol. The Balaban J connectivity index is 1.34. The second-order valence-electron chi connectivity index (χ2n) is 10.2. The predicted octanol–water partition coefficient (Wildman–Crippen LogP) is 4.08. The fourth-order valence-corrected chi connectivity index (χ4v) is 6.64. The highest BCUT2D eigenvalue weighted by molar-refractivity contribution is 7.21. The van der Waals surface area contributed by atoms with Crippen molar-refractivity contribution in [2.75, 3.05) is 11.9 Å². The number of aryl methyl sites for hydroxylation is 1. The lowest BCUT2D eigenvalue weighted by Crippen LogP contribution is -2.58. The van der Waals surface area contributed by atoms with E-state index in [1.165, 1.54) is 12.8 Å². The van der Waals surface area contributed by atoms with Gasteiger partial charge in [-0.25, -0.2) is 19.9 Å². The van der Waals surface area contributed by atoms with E-state index in [-0.39, 0.29) is 11.1 Å². The van der Waals surface area contributed by atoms with Gasteiger partial charge in [-0.05, 0) is 52.5 Å². The van der Waals surface area contributed by atoms with Crippen molar-refractivity contribution in [2.45, 2.75) is 63.6 Å². The van der Waals surface area contributed by atoms with Gasteiger partial charge in [0.2, 0.25) is 0 Å². The highest BCUT2D eigenvalue weighted by atomic mass is 32.1. The highest BCUT2D eigenvalue weighted by Crippen LogP contribution is 2.44. The molecule has 0 radical (unpaired) electrons. The second kappa shape index (κ2) is 6.95. The van der Waals surface area contributed by atoms with E-state index in [0.717, 1.165) is 39.6 Å². The molecule has 2 aliphatic rings. The number of nitrogens with one attached hydrogen (secondary N) is 1. The van der Waals surface area contributed by atoms with Gasteiger partial charge in [-0.3, -0.25) is 0 Å². The number of aromatic nitrogens is 5. The van der Waals surface area contributed by atoms with E-state index in [4.69, 9.17) is 9.97 Å². The minimum absolute atomic E-state index is 0.207. The maximum atomic E-state index is 9.59. The van der Waals surface area contributed by atoms with Crippen molar-refractivity contribution in [2.24, 2.45) is 0 Å². The van der Waals surface area contributed by atoms with E-state index < -0.39 is 0 Å². The van der Waals surface area contributed by atoms with Gasteiger partial charge in [0.1, 0.15) is 16.4 Å². The lowest BCUT2D eigenvalue weighted by Gasteiger charge is -2.45. The van der Waals surface area contributed by atoms with Crippen molar-refractivity contribution >= 4 is 32.5 Å². The Morgan fingerprint density at radius 3 is 2.67 bits per heavy atom. The van der Waals surface area contributed by atoms with Gasteiger partial charge in [-0.1, -0.05) is 11.3 Å². The van der Waals surface area contributed by atoms with Crippen LogP contribution >= 0.6 is 11.3 Å². The van der Waals surface area contributed by atoms with Crippen LogP contribution in [0.1, 0.15) is 50.8 Å². The van der Waals surface area contributed by atoms with Crippen LogP contribution in [0.3, 0.4) is 0 Å². The van der Waals surface area contributed by atoms with Crippen molar-refractivity contribution in [1.29, 1.82) is 5.26 Å². The summed E-state index contributed by atoms with van der Waals surface area (Å²) in [5.41, 5.74) is 4.04. The Morgan fingerprint density at radius 2 is 1.94 bits per heavy atom. The van der Waals surface area contributed by atoms with Gasteiger partial charge in [0.15, 0.2) is 16.6 Å². The van der Waals surface area contributed by atoms with E-state index in [1.807, 2.05) is 29.8 Å². The first-order valence-electron chi connectivity index (χ1n) is 11.3. The molecule has 0 aromatic carbocycles. The molecule has 8 nitrogen and oxygen atoms in total. The average Bonchev–Trinajstić information content (AvgIpc) is 3.43. The molecule has 1 N–H and O–H groups in total. The van der Waals surface area contributed by atoms with Crippen LogP contribution in [0.25, 0.3) is 27.4 Å². The van der Waals surface area contributed by atoms with Crippen molar-refractivity contribution in [3.8, 4) is 17.5 Å². The smallest absolute Gasteiger partial charge is 0.187 e. The Hall–Kier alpha value is -3.09. The van der Waals surface area contributed by atoms with Crippen LogP contribution in [-0.2, 0) is 0 Å². The molecule has 6 heterocycles. The van der Waals surface area contributed by atoms with Crippen molar-refractivity contribution < 1.29 is 0 Å². The van der Waals surface area contributed by atoms with Crippen LogP contribution in [0.15, 0.2) is 24.7 Å². The van der Waals surface area contributed by atoms with E-state index in [1.54, 1.807) is 17.5 Å². The van der Waals surface area contributed by atoms with Crippen molar-refractivity contribution in [3.63, 3.8) is 0 Å².